The summed E-state index contributed by atoms with van der Waals surface area (Å²) in [5.74, 6) is -0.362. The predicted octanol–water partition coefficient (Wildman–Crippen LogP) is 2.85. The van der Waals surface area contributed by atoms with Crippen molar-refractivity contribution in [1.29, 1.82) is 0 Å². The minimum absolute atomic E-state index is 0.0624. The standard InChI is InChI=1S/C8H7ClF3NO/c1-14-6-3-2-5(4-9)13-7(6)8(10,11)12/h2-3H,4H2,1H3. The van der Waals surface area contributed by atoms with Gasteiger partial charge in [0.25, 0.3) is 0 Å². The van der Waals surface area contributed by atoms with Gasteiger partial charge in [0.2, 0.25) is 0 Å². The lowest BCUT2D eigenvalue weighted by molar-refractivity contribution is -0.142. The zero-order chi connectivity index (χ0) is 10.8. The quantitative estimate of drug-likeness (QED) is 0.722. The van der Waals surface area contributed by atoms with E-state index in [0.29, 0.717) is 0 Å². The molecular weight excluding hydrogens is 219 g/mol. The summed E-state index contributed by atoms with van der Waals surface area (Å²) in [6.07, 6.45) is -4.52. The van der Waals surface area contributed by atoms with E-state index in [1.54, 1.807) is 0 Å². The summed E-state index contributed by atoms with van der Waals surface area (Å²) in [6, 6.07) is 2.59. The third kappa shape index (κ3) is 2.29. The van der Waals surface area contributed by atoms with Gasteiger partial charge in [0.15, 0.2) is 5.69 Å². The van der Waals surface area contributed by atoms with Crippen molar-refractivity contribution in [2.45, 2.75) is 12.1 Å². The van der Waals surface area contributed by atoms with E-state index in [1.807, 2.05) is 0 Å². The molecule has 0 fully saturated rings. The van der Waals surface area contributed by atoms with E-state index in [0.717, 1.165) is 7.11 Å². The SMILES string of the molecule is COc1ccc(CCl)nc1C(F)(F)F. The summed E-state index contributed by atoms with van der Waals surface area (Å²) in [5.41, 5.74) is -0.877. The fourth-order valence-corrected chi connectivity index (χ4v) is 1.08. The number of ether oxygens (including phenoxy) is 1. The van der Waals surface area contributed by atoms with E-state index >= 15 is 0 Å². The van der Waals surface area contributed by atoms with Gasteiger partial charge >= 0.3 is 6.18 Å². The molecule has 78 valence electrons. The fraction of sp³-hybridized carbons (Fsp3) is 0.375. The van der Waals surface area contributed by atoms with Crippen LogP contribution >= 0.6 is 11.6 Å². The molecule has 0 amide bonds. The Hall–Kier alpha value is -0.970. The zero-order valence-corrected chi connectivity index (χ0v) is 7.99. The molecule has 1 aromatic rings. The number of hydrogen-bond acceptors (Lipinski definition) is 2. The van der Waals surface area contributed by atoms with Gasteiger partial charge in [-0.05, 0) is 12.1 Å². The smallest absolute Gasteiger partial charge is 0.437 e. The zero-order valence-electron chi connectivity index (χ0n) is 7.23. The molecule has 1 heterocycles. The average Bonchev–Trinajstić information content (AvgIpc) is 2.15. The van der Waals surface area contributed by atoms with Crippen molar-refractivity contribution < 1.29 is 17.9 Å². The molecule has 0 aliphatic rings. The second kappa shape index (κ2) is 4.04. The van der Waals surface area contributed by atoms with E-state index in [2.05, 4.69) is 9.72 Å². The molecule has 0 aliphatic heterocycles. The first-order chi connectivity index (χ1) is 6.49. The molecule has 0 spiro atoms. The maximum atomic E-state index is 12.4. The number of hydrogen-bond donors (Lipinski definition) is 0. The van der Waals surface area contributed by atoms with Gasteiger partial charge < -0.3 is 4.74 Å². The third-order valence-corrected chi connectivity index (χ3v) is 1.82. The second-order valence-corrected chi connectivity index (χ2v) is 2.75. The topological polar surface area (TPSA) is 22.1 Å². The van der Waals surface area contributed by atoms with Crippen LogP contribution in [0.4, 0.5) is 13.2 Å². The van der Waals surface area contributed by atoms with Gasteiger partial charge in [-0.1, -0.05) is 0 Å². The van der Waals surface area contributed by atoms with E-state index in [1.165, 1.54) is 12.1 Å². The molecule has 6 heteroatoms. The van der Waals surface area contributed by atoms with Gasteiger partial charge in [0, 0.05) is 0 Å². The second-order valence-electron chi connectivity index (χ2n) is 2.48. The van der Waals surface area contributed by atoms with Gasteiger partial charge in [0.1, 0.15) is 5.75 Å². The van der Waals surface area contributed by atoms with Crippen molar-refractivity contribution in [1.82, 2.24) is 4.98 Å². The summed E-state index contributed by atoms with van der Waals surface area (Å²) in [6.45, 7) is 0. The van der Waals surface area contributed by atoms with Crippen molar-refractivity contribution in [3.8, 4) is 5.75 Å². The van der Waals surface area contributed by atoms with Gasteiger partial charge in [-0.15, -0.1) is 11.6 Å². The molecule has 0 bridgehead atoms. The molecule has 1 rings (SSSR count). The molecule has 0 saturated carbocycles. The number of nitrogens with zero attached hydrogens (tertiary/aromatic N) is 1. The van der Waals surface area contributed by atoms with Crippen LogP contribution in [0.2, 0.25) is 0 Å². The molecule has 0 atom stereocenters. The van der Waals surface area contributed by atoms with Crippen molar-refractivity contribution in [3.63, 3.8) is 0 Å². The van der Waals surface area contributed by atoms with Gasteiger partial charge in [-0.2, -0.15) is 13.2 Å². The van der Waals surface area contributed by atoms with Crippen LogP contribution in [-0.2, 0) is 12.1 Å². The van der Waals surface area contributed by atoms with Crippen LogP contribution in [0, 0.1) is 0 Å². The molecule has 0 aliphatic carbocycles. The van der Waals surface area contributed by atoms with E-state index in [9.17, 15) is 13.2 Å². The summed E-state index contributed by atoms with van der Waals surface area (Å²) >= 11 is 5.37. The molecule has 0 aromatic carbocycles. The van der Waals surface area contributed by atoms with Crippen molar-refractivity contribution in [2.24, 2.45) is 0 Å². The molecule has 0 N–H and O–H groups in total. The summed E-state index contributed by atoms with van der Waals surface area (Å²) in [7, 11) is 1.16. The molecule has 14 heavy (non-hydrogen) atoms. The summed E-state index contributed by atoms with van der Waals surface area (Å²) in [5, 5.41) is 0. The minimum atomic E-state index is -4.52. The third-order valence-electron chi connectivity index (χ3n) is 1.54. The highest BCUT2D eigenvalue weighted by Gasteiger charge is 2.36. The van der Waals surface area contributed by atoms with Crippen LogP contribution < -0.4 is 4.74 Å². The first-order valence-corrected chi connectivity index (χ1v) is 4.19. The Bertz CT molecular complexity index is 327. The molecular formula is C8H7ClF3NO. The highest BCUT2D eigenvalue weighted by atomic mass is 35.5. The normalized spacial score (nSPS) is 11.5. The van der Waals surface area contributed by atoms with E-state index in [-0.39, 0.29) is 17.3 Å². The Morgan fingerprint density at radius 1 is 1.43 bits per heavy atom. The molecule has 0 unspecified atom stereocenters. The monoisotopic (exact) mass is 225 g/mol. The van der Waals surface area contributed by atoms with Crippen LogP contribution in [0.1, 0.15) is 11.4 Å². The number of pyridine rings is 1. The Morgan fingerprint density at radius 3 is 2.50 bits per heavy atom. The van der Waals surface area contributed by atoms with Crippen LogP contribution in [0.25, 0.3) is 0 Å². The molecule has 2 nitrogen and oxygen atoms in total. The Balaban J connectivity index is 3.22. The van der Waals surface area contributed by atoms with Gasteiger partial charge in [-0.25, -0.2) is 4.98 Å². The minimum Gasteiger partial charge on any atom is -0.494 e. The van der Waals surface area contributed by atoms with Gasteiger partial charge in [-0.3, -0.25) is 0 Å². The van der Waals surface area contributed by atoms with Crippen LogP contribution in [-0.4, -0.2) is 12.1 Å². The summed E-state index contributed by atoms with van der Waals surface area (Å²) < 4.78 is 41.6. The average molecular weight is 226 g/mol. The first-order valence-electron chi connectivity index (χ1n) is 3.66. The van der Waals surface area contributed by atoms with Crippen LogP contribution in [0.15, 0.2) is 12.1 Å². The number of halogens is 4. The molecule has 1 aromatic heterocycles. The van der Waals surface area contributed by atoms with Crippen molar-refractivity contribution >= 4 is 11.6 Å². The highest BCUT2D eigenvalue weighted by molar-refractivity contribution is 6.16. The Labute approximate surface area is 83.7 Å². The maximum Gasteiger partial charge on any atom is 0.437 e. The highest BCUT2D eigenvalue weighted by Crippen LogP contribution is 2.34. The predicted molar refractivity (Wildman–Crippen MR) is 45.3 cm³/mol. The van der Waals surface area contributed by atoms with Gasteiger partial charge in [0.05, 0.1) is 18.7 Å². The lowest BCUT2D eigenvalue weighted by Crippen LogP contribution is -2.11. The lowest BCUT2D eigenvalue weighted by Gasteiger charge is -2.11. The largest absolute Gasteiger partial charge is 0.494 e. The lowest BCUT2D eigenvalue weighted by atomic mass is 10.3. The van der Waals surface area contributed by atoms with E-state index in [4.69, 9.17) is 11.6 Å². The van der Waals surface area contributed by atoms with Crippen molar-refractivity contribution in [2.75, 3.05) is 7.11 Å². The molecule has 0 radical (unpaired) electrons. The number of alkyl halides is 4. The van der Waals surface area contributed by atoms with E-state index < -0.39 is 11.9 Å². The number of rotatable bonds is 2. The fourth-order valence-electron chi connectivity index (χ4n) is 0.929. The number of aromatic nitrogens is 1. The van der Waals surface area contributed by atoms with Crippen LogP contribution in [0.3, 0.4) is 0 Å². The van der Waals surface area contributed by atoms with Crippen molar-refractivity contribution in [3.05, 3.63) is 23.5 Å². The first kappa shape index (κ1) is 11.1. The Morgan fingerprint density at radius 2 is 2.07 bits per heavy atom. The molecule has 0 saturated heterocycles. The maximum absolute atomic E-state index is 12.4. The number of methoxy groups -OCH3 is 1. The summed E-state index contributed by atoms with van der Waals surface area (Å²) in [4.78, 5) is 3.35. The Kier molecular flexibility index (Phi) is 3.21. The van der Waals surface area contributed by atoms with Crippen LogP contribution in [0.5, 0.6) is 5.75 Å².